The summed E-state index contributed by atoms with van der Waals surface area (Å²) in [5, 5.41) is 2.96. The molecular formula is C20H22N2O2S. The fourth-order valence-corrected chi connectivity index (χ4v) is 3.69. The highest BCUT2D eigenvalue weighted by atomic mass is 32.2. The molecule has 1 aliphatic rings. The zero-order valence-corrected chi connectivity index (χ0v) is 15.1. The number of nitrogens with one attached hydrogen (secondary N) is 1. The third-order valence-corrected chi connectivity index (χ3v) is 5.33. The van der Waals surface area contributed by atoms with Crippen molar-refractivity contribution in [2.45, 2.75) is 17.7 Å². The fraction of sp³-hybridized carbons (Fsp3) is 0.300. The Labute approximate surface area is 152 Å². The Morgan fingerprint density at radius 2 is 1.64 bits per heavy atom. The van der Waals surface area contributed by atoms with Gasteiger partial charge in [-0.3, -0.25) is 9.59 Å². The van der Waals surface area contributed by atoms with Crippen molar-refractivity contribution < 1.29 is 9.59 Å². The van der Waals surface area contributed by atoms with Gasteiger partial charge in [0, 0.05) is 29.6 Å². The van der Waals surface area contributed by atoms with Gasteiger partial charge in [0.15, 0.2) is 0 Å². The first kappa shape index (κ1) is 17.5. The zero-order valence-electron chi connectivity index (χ0n) is 14.3. The molecule has 4 nitrogen and oxygen atoms in total. The Balaban J connectivity index is 1.58. The van der Waals surface area contributed by atoms with Gasteiger partial charge in [0.05, 0.1) is 5.56 Å². The Morgan fingerprint density at radius 3 is 2.32 bits per heavy atom. The first-order chi connectivity index (χ1) is 12.2. The first-order valence-electron chi connectivity index (χ1n) is 8.47. The van der Waals surface area contributed by atoms with Gasteiger partial charge in [-0.2, -0.15) is 0 Å². The Morgan fingerprint density at radius 1 is 1.00 bits per heavy atom. The number of anilines is 1. The van der Waals surface area contributed by atoms with E-state index < -0.39 is 0 Å². The molecule has 2 aromatic rings. The molecule has 0 spiro atoms. The average molecular weight is 354 g/mol. The molecule has 0 aliphatic carbocycles. The lowest BCUT2D eigenvalue weighted by atomic mass is 9.95. The summed E-state index contributed by atoms with van der Waals surface area (Å²) in [5.74, 6) is 0.0646. The van der Waals surface area contributed by atoms with Crippen LogP contribution in [0.2, 0.25) is 0 Å². The minimum Gasteiger partial charge on any atom is -0.339 e. The lowest BCUT2D eigenvalue weighted by Crippen LogP contribution is -2.41. The third-order valence-electron chi connectivity index (χ3n) is 4.53. The normalized spacial score (nSPS) is 15.0. The molecule has 0 radical (unpaired) electrons. The second kappa shape index (κ2) is 8.21. The molecular weight excluding hydrogens is 332 g/mol. The molecule has 0 saturated carbocycles. The van der Waals surface area contributed by atoms with Gasteiger partial charge in [-0.15, -0.1) is 11.8 Å². The average Bonchev–Trinajstić information content (AvgIpc) is 2.68. The van der Waals surface area contributed by atoms with Crippen LogP contribution in [-0.4, -0.2) is 36.1 Å². The summed E-state index contributed by atoms with van der Waals surface area (Å²) in [6.45, 7) is 1.24. The predicted molar refractivity (Wildman–Crippen MR) is 102 cm³/mol. The lowest BCUT2D eigenvalue weighted by molar-refractivity contribution is -0.121. The number of carbonyl (C=O) groups excluding carboxylic acids is 2. The first-order valence-corrected chi connectivity index (χ1v) is 9.69. The van der Waals surface area contributed by atoms with Crippen LogP contribution in [-0.2, 0) is 4.79 Å². The van der Waals surface area contributed by atoms with Crippen LogP contribution in [0.5, 0.6) is 0 Å². The topological polar surface area (TPSA) is 49.4 Å². The molecule has 130 valence electrons. The maximum Gasteiger partial charge on any atom is 0.254 e. The molecule has 1 aliphatic heterocycles. The fourth-order valence-electron chi connectivity index (χ4n) is 3.10. The molecule has 25 heavy (non-hydrogen) atoms. The number of benzene rings is 2. The zero-order chi connectivity index (χ0) is 17.6. The van der Waals surface area contributed by atoms with Crippen LogP contribution in [0.15, 0.2) is 59.5 Å². The number of hydrogen-bond donors (Lipinski definition) is 1. The van der Waals surface area contributed by atoms with Crippen molar-refractivity contribution in [2.75, 3.05) is 24.7 Å². The van der Waals surface area contributed by atoms with Gasteiger partial charge < -0.3 is 10.2 Å². The number of para-hydroxylation sites is 1. The van der Waals surface area contributed by atoms with Crippen LogP contribution in [0, 0.1) is 5.92 Å². The van der Waals surface area contributed by atoms with E-state index in [1.165, 1.54) is 0 Å². The van der Waals surface area contributed by atoms with Gasteiger partial charge in [0.1, 0.15) is 0 Å². The van der Waals surface area contributed by atoms with Crippen molar-refractivity contribution in [2.24, 2.45) is 5.92 Å². The second-order valence-electron chi connectivity index (χ2n) is 6.12. The highest BCUT2D eigenvalue weighted by molar-refractivity contribution is 7.98. The number of carbonyl (C=O) groups is 2. The molecule has 1 heterocycles. The standard InChI is InChI=1S/C20H22N2O2S/c1-25-18-10-6-5-9-17(18)20(24)22-13-11-15(12-14-22)19(23)21-16-7-3-2-4-8-16/h2-10,15H,11-14H2,1H3,(H,21,23). The number of hydrogen-bond acceptors (Lipinski definition) is 3. The van der Waals surface area contributed by atoms with Gasteiger partial charge in [-0.1, -0.05) is 30.3 Å². The number of likely N-dealkylation sites (tertiary alicyclic amines) is 1. The highest BCUT2D eigenvalue weighted by Crippen LogP contribution is 2.25. The smallest absolute Gasteiger partial charge is 0.254 e. The van der Waals surface area contributed by atoms with E-state index in [0.29, 0.717) is 25.9 Å². The van der Waals surface area contributed by atoms with Crippen LogP contribution in [0.25, 0.3) is 0 Å². The van der Waals surface area contributed by atoms with Crippen LogP contribution < -0.4 is 5.32 Å². The van der Waals surface area contributed by atoms with Crippen molar-refractivity contribution in [3.8, 4) is 0 Å². The van der Waals surface area contributed by atoms with Crippen molar-refractivity contribution in [3.05, 3.63) is 60.2 Å². The number of nitrogens with zero attached hydrogens (tertiary/aromatic N) is 1. The number of rotatable bonds is 4. The Bertz CT molecular complexity index is 740. The van der Waals surface area contributed by atoms with Crippen LogP contribution in [0.1, 0.15) is 23.2 Å². The molecule has 1 saturated heterocycles. The highest BCUT2D eigenvalue weighted by Gasteiger charge is 2.28. The molecule has 0 atom stereocenters. The number of amides is 2. The molecule has 0 aromatic heterocycles. The lowest BCUT2D eigenvalue weighted by Gasteiger charge is -2.31. The SMILES string of the molecule is CSc1ccccc1C(=O)N1CCC(C(=O)Nc2ccccc2)CC1. The van der Waals surface area contributed by atoms with Crippen molar-refractivity contribution in [1.82, 2.24) is 4.90 Å². The van der Waals surface area contributed by atoms with Gasteiger partial charge in [0.2, 0.25) is 5.91 Å². The number of thioether (sulfide) groups is 1. The minimum absolute atomic E-state index is 0.0416. The molecule has 0 unspecified atom stereocenters. The molecule has 2 amide bonds. The second-order valence-corrected chi connectivity index (χ2v) is 6.97. The third kappa shape index (κ3) is 4.23. The Kier molecular flexibility index (Phi) is 5.76. The minimum atomic E-state index is -0.0416. The summed E-state index contributed by atoms with van der Waals surface area (Å²) in [7, 11) is 0. The Hall–Kier alpha value is -2.27. The predicted octanol–water partition coefficient (Wildman–Crippen LogP) is 3.90. The van der Waals surface area contributed by atoms with E-state index in [1.807, 2.05) is 65.8 Å². The summed E-state index contributed by atoms with van der Waals surface area (Å²) in [4.78, 5) is 28.0. The quantitative estimate of drug-likeness (QED) is 0.847. The summed E-state index contributed by atoms with van der Waals surface area (Å²) in [6, 6.07) is 17.2. The van der Waals surface area contributed by atoms with Crippen LogP contribution in [0.4, 0.5) is 5.69 Å². The van der Waals surface area contributed by atoms with E-state index in [0.717, 1.165) is 16.1 Å². The van der Waals surface area contributed by atoms with E-state index in [4.69, 9.17) is 0 Å². The summed E-state index contributed by atoms with van der Waals surface area (Å²) >= 11 is 1.58. The maximum atomic E-state index is 12.8. The van der Waals surface area contributed by atoms with E-state index in [2.05, 4.69) is 5.32 Å². The molecule has 1 N–H and O–H groups in total. The van der Waals surface area contributed by atoms with Crippen LogP contribution in [0.3, 0.4) is 0 Å². The van der Waals surface area contributed by atoms with Crippen LogP contribution >= 0.6 is 11.8 Å². The largest absolute Gasteiger partial charge is 0.339 e. The molecule has 5 heteroatoms. The van der Waals surface area contributed by atoms with Crippen molar-refractivity contribution in [1.29, 1.82) is 0 Å². The molecule has 3 rings (SSSR count). The summed E-state index contributed by atoms with van der Waals surface area (Å²) in [6.07, 6.45) is 3.38. The maximum absolute atomic E-state index is 12.8. The van der Waals surface area contributed by atoms with E-state index in [1.54, 1.807) is 11.8 Å². The monoisotopic (exact) mass is 354 g/mol. The van der Waals surface area contributed by atoms with Gasteiger partial charge >= 0.3 is 0 Å². The molecule has 2 aromatic carbocycles. The summed E-state index contributed by atoms with van der Waals surface area (Å²) < 4.78 is 0. The van der Waals surface area contributed by atoms with Crippen molar-refractivity contribution >= 4 is 29.3 Å². The summed E-state index contributed by atoms with van der Waals surface area (Å²) in [5.41, 5.74) is 1.57. The van der Waals surface area contributed by atoms with Gasteiger partial charge in [-0.05, 0) is 43.4 Å². The number of piperidine rings is 1. The van der Waals surface area contributed by atoms with E-state index in [-0.39, 0.29) is 17.7 Å². The molecule has 0 bridgehead atoms. The van der Waals surface area contributed by atoms with E-state index in [9.17, 15) is 9.59 Å². The molecule has 1 fully saturated rings. The van der Waals surface area contributed by atoms with Crippen molar-refractivity contribution in [3.63, 3.8) is 0 Å². The van der Waals surface area contributed by atoms with E-state index >= 15 is 0 Å². The van der Waals surface area contributed by atoms with Gasteiger partial charge in [0.25, 0.3) is 5.91 Å². The van der Waals surface area contributed by atoms with Gasteiger partial charge in [-0.25, -0.2) is 0 Å².